The molecule has 0 radical (unpaired) electrons. The molecule has 0 saturated carbocycles. The van der Waals surface area contributed by atoms with Gasteiger partial charge in [0.05, 0.1) is 16.8 Å². The van der Waals surface area contributed by atoms with Crippen LogP contribution in [0.15, 0.2) is 48.7 Å². The number of hydrogen-bond acceptors (Lipinski definition) is 5. The topological polar surface area (TPSA) is 132 Å². The Morgan fingerprint density at radius 2 is 1.96 bits per heavy atom. The molecule has 2 aromatic heterocycles. The van der Waals surface area contributed by atoms with E-state index in [0.29, 0.717) is 27.7 Å². The molecule has 4 aromatic rings. The molecule has 1 atom stereocenters. The first-order chi connectivity index (χ1) is 12.9. The second-order valence-electron chi connectivity index (χ2n) is 6.42. The van der Waals surface area contributed by atoms with Crippen LogP contribution in [0.2, 0.25) is 0 Å². The van der Waals surface area contributed by atoms with Crippen molar-refractivity contribution in [1.82, 2.24) is 9.97 Å². The molecule has 0 aliphatic heterocycles. The monoisotopic (exact) mass is 363 g/mol. The smallest absolute Gasteiger partial charge is 0.320 e. The van der Waals surface area contributed by atoms with E-state index in [1.54, 1.807) is 42.6 Å². The van der Waals surface area contributed by atoms with Crippen molar-refractivity contribution in [2.24, 2.45) is 5.73 Å². The van der Waals surface area contributed by atoms with Crippen molar-refractivity contribution in [3.8, 4) is 22.8 Å². The molecule has 2 aromatic carbocycles. The predicted molar refractivity (Wildman–Crippen MR) is 102 cm³/mol. The average Bonchev–Trinajstić information content (AvgIpc) is 3.04. The van der Waals surface area contributed by atoms with Crippen molar-refractivity contribution in [2.45, 2.75) is 12.5 Å². The maximum absolute atomic E-state index is 11.1. The van der Waals surface area contributed by atoms with E-state index in [0.717, 1.165) is 10.9 Å². The van der Waals surface area contributed by atoms with Gasteiger partial charge >= 0.3 is 5.97 Å². The number of pyridine rings is 1. The van der Waals surface area contributed by atoms with Crippen LogP contribution in [0, 0.1) is 0 Å². The Kier molecular flexibility index (Phi) is 3.93. The fourth-order valence-corrected chi connectivity index (χ4v) is 3.28. The molecule has 7 nitrogen and oxygen atoms in total. The maximum Gasteiger partial charge on any atom is 0.320 e. The molecule has 0 spiro atoms. The van der Waals surface area contributed by atoms with Gasteiger partial charge in [-0.2, -0.15) is 0 Å². The lowest BCUT2D eigenvalue weighted by Gasteiger charge is -2.11. The van der Waals surface area contributed by atoms with E-state index in [2.05, 4.69) is 9.97 Å². The van der Waals surface area contributed by atoms with Gasteiger partial charge in [-0.25, -0.2) is 4.98 Å². The Balaban J connectivity index is 1.92. The van der Waals surface area contributed by atoms with Crippen LogP contribution in [-0.2, 0) is 11.2 Å². The number of carboxylic acid groups (broad SMARTS) is 1. The van der Waals surface area contributed by atoms with E-state index in [1.807, 2.05) is 6.07 Å². The number of fused-ring (bicyclic) bond motifs is 2. The zero-order valence-electron chi connectivity index (χ0n) is 14.2. The lowest BCUT2D eigenvalue weighted by Crippen LogP contribution is -2.32. The van der Waals surface area contributed by atoms with Crippen molar-refractivity contribution in [3.05, 3.63) is 54.2 Å². The summed E-state index contributed by atoms with van der Waals surface area (Å²) in [4.78, 5) is 18.8. The number of phenolic OH excluding ortho intramolecular Hbond substituents is 2. The summed E-state index contributed by atoms with van der Waals surface area (Å²) in [6.45, 7) is 0. The van der Waals surface area contributed by atoms with Crippen LogP contribution in [0.1, 0.15) is 5.56 Å². The van der Waals surface area contributed by atoms with Crippen LogP contribution < -0.4 is 5.73 Å². The Morgan fingerprint density at radius 1 is 1.15 bits per heavy atom. The van der Waals surface area contributed by atoms with Gasteiger partial charge in [0.2, 0.25) is 0 Å². The van der Waals surface area contributed by atoms with Crippen molar-refractivity contribution >= 4 is 27.8 Å². The van der Waals surface area contributed by atoms with Crippen molar-refractivity contribution in [2.75, 3.05) is 0 Å². The van der Waals surface area contributed by atoms with Gasteiger partial charge in [-0.1, -0.05) is 6.07 Å². The molecule has 136 valence electrons. The quantitative estimate of drug-likeness (QED) is 0.379. The van der Waals surface area contributed by atoms with Crippen LogP contribution in [0.4, 0.5) is 0 Å². The van der Waals surface area contributed by atoms with Gasteiger partial charge in [-0.05, 0) is 42.0 Å². The number of aromatic hydroxyl groups is 2. The van der Waals surface area contributed by atoms with E-state index in [9.17, 15) is 15.0 Å². The highest BCUT2D eigenvalue weighted by Crippen LogP contribution is 2.38. The molecule has 1 unspecified atom stereocenters. The maximum atomic E-state index is 11.1. The summed E-state index contributed by atoms with van der Waals surface area (Å²) >= 11 is 0. The summed E-state index contributed by atoms with van der Waals surface area (Å²) in [5, 5.41) is 30.7. The van der Waals surface area contributed by atoms with E-state index in [1.165, 1.54) is 0 Å². The molecule has 0 aliphatic carbocycles. The van der Waals surface area contributed by atoms with E-state index < -0.39 is 12.0 Å². The molecular weight excluding hydrogens is 346 g/mol. The van der Waals surface area contributed by atoms with Gasteiger partial charge in [0, 0.05) is 28.9 Å². The van der Waals surface area contributed by atoms with Crippen molar-refractivity contribution in [3.63, 3.8) is 0 Å². The van der Waals surface area contributed by atoms with Crippen molar-refractivity contribution in [1.29, 1.82) is 0 Å². The Labute approximate surface area is 153 Å². The summed E-state index contributed by atoms with van der Waals surface area (Å²) < 4.78 is 0. The SMILES string of the molecule is NC(Cc1c[nH]c2ccc(O)c(-c3ccc4cc(O)ccc4n3)c12)C(=O)O. The summed E-state index contributed by atoms with van der Waals surface area (Å²) in [5.74, 6) is -0.898. The molecule has 7 heteroatoms. The molecule has 27 heavy (non-hydrogen) atoms. The van der Waals surface area contributed by atoms with Gasteiger partial charge < -0.3 is 26.0 Å². The number of carboxylic acids is 1. The number of carbonyl (C=O) groups is 1. The minimum Gasteiger partial charge on any atom is -0.508 e. The van der Waals surface area contributed by atoms with Crippen LogP contribution in [0.25, 0.3) is 33.1 Å². The first-order valence-electron chi connectivity index (χ1n) is 8.34. The third-order valence-corrected chi connectivity index (χ3v) is 4.59. The highest BCUT2D eigenvalue weighted by atomic mass is 16.4. The van der Waals surface area contributed by atoms with Gasteiger partial charge in [0.25, 0.3) is 0 Å². The second kappa shape index (κ2) is 6.30. The first kappa shape index (κ1) is 16.9. The number of benzene rings is 2. The predicted octanol–water partition coefficient (Wildman–Crippen LogP) is 2.75. The van der Waals surface area contributed by atoms with E-state index in [4.69, 9.17) is 10.8 Å². The average molecular weight is 363 g/mol. The Hall–Kier alpha value is -3.58. The normalized spacial score (nSPS) is 12.5. The number of rotatable bonds is 4. The molecular formula is C20H17N3O4. The number of phenols is 2. The molecule has 0 bridgehead atoms. The minimum absolute atomic E-state index is 0.0397. The van der Waals surface area contributed by atoms with Crippen LogP contribution in [-0.4, -0.2) is 37.3 Å². The standard InChI is InChI=1S/C20H17N3O4/c21-13(20(26)27)8-11-9-22-15-5-6-17(25)19(18(11)15)16-3-1-10-7-12(24)2-4-14(10)23-16/h1-7,9,13,22,24-25H,8,21H2,(H,26,27). The molecule has 2 heterocycles. The summed E-state index contributed by atoms with van der Waals surface area (Å²) in [6.07, 6.45) is 1.82. The number of nitrogens with one attached hydrogen (secondary N) is 1. The molecule has 4 rings (SSSR count). The number of H-pyrrole nitrogens is 1. The lowest BCUT2D eigenvalue weighted by molar-refractivity contribution is -0.138. The zero-order valence-corrected chi connectivity index (χ0v) is 14.2. The number of nitrogens with two attached hydrogens (primary N) is 1. The van der Waals surface area contributed by atoms with E-state index in [-0.39, 0.29) is 17.9 Å². The van der Waals surface area contributed by atoms with Crippen LogP contribution >= 0.6 is 0 Å². The first-order valence-corrected chi connectivity index (χ1v) is 8.34. The van der Waals surface area contributed by atoms with Crippen molar-refractivity contribution < 1.29 is 20.1 Å². The highest BCUT2D eigenvalue weighted by molar-refractivity contribution is 6.01. The van der Waals surface area contributed by atoms with Gasteiger partial charge in [0.15, 0.2) is 0 Å². The number of aliphatic carboxylic acids is 1. The number of hydrogen-bond donors (Lipinski definition) is 5. The fourth-order valence-electron chi connectivity index (χ4n) is 3.28. The third kappa shape index (κ3) is 2.94. The molecule has 6 N–H and O–H groups in total. The van der Waals surface area contributed by atoms with E-state index >= 15 is 0 Å². The summed E-state index contributed by atoms with van der Waals surface area (Å²) in [5.41, 5.74) is 8.87. The second-order valence-corrected chi connectivity index (χ2v) is 6.42. The Bertz CT molecular complexity index is 1180. The Morgan fingerprint density at radius 3 is 2.74 bits per heavy atom. The molecule has 0 saturated heterocycles. The molecule has 0 amide bonds. The number of nitrogens with zero attached hydrogens (tertiary/aromatic N) is 1. The molecule has 0 aliphatic rings. The number of aromatic nitrogens is 2. The van der Waals surface area contributed by atoms with Crippen LogP contribution in [0.5, 0.6) is 11.5 Å². The van der Waals surface area contributed by atoms with Gasteiger partial charge in [-0.3, -0.25) is 4.79 Å². The fraction of sp³-hybridized carbons (Fsp3) is 0.100. The zero-order chi connectivity index (χ0) is 19.1. The minimum atomic E-state index is -1.09. The largest absolute Gasteiger partial charge is 0.508 e. The third-order valence-electron chi connectivity index (χ3n) is 4.59. The summed E-state index contributed by atoms with van der Waals surface area (Å²) in [7, 11) is 0. The van der Waals surface area contributed by atoms with Gasteiger partial charge in [-0.15, -0.1) is 0 Å². The lowest BCUT2D eigenvalue weighted by atomic mass is 9.98. The summed E-state index contributed by atoms with van der Waals surface area (Å²) in [6, 6.07) is 10.7. The molecule has 0 fully saturated rings. The van der Waals surface area contributed by atoms with Gasteiger partial charge in [0.1, 0.15) is 17.5 Å². The highest BCUT2D eigenvalue weighted by Gasteiger charge is 2.20. The number of aromatic amines is 1. The van der Waals surface area contributed by atoms with Crippen LogP contribution in [0.3, 0.4) is 0 Å².